The van der Waals surface area contributed by atoms with E-state index >= 15 is 0 Å². The van der Waals surface area contributed by atoms with Crippen molar-refractivity contribution in [2.24, 2.45) is 0 Å². The first kappa shape index (κ1) is 18.2. The van der Waals surface area contributed by atoms with Crippen molar-refractivity contribution >= 4 is 11.6 Å². The fourth-order valence-corrected chi connectivity index (χ4v) is 2.51. The van der Waals surface area contributed by atoms with Crippen LogP contribution in [0.5, 0.6) is 17.4 Å². The Hall–Kier alpha value is -4.20. The van der Waals surface area contributed by atoms with Gasteiger partial charge in [0.15, 0.2) is 6.61 Å². The molecule has 0 spiro atoms. The summed E-state index contributed by atoms with van der Waals surface area (Å²) in [6, 6.07) is 17.9. The molecule has 0 bridgehead atoms. The highest BCUT2D eigenvalue weighted by atomic mass is 16.5. The number of imidazole rings is 1. The van der Waals surface area contributed by atoms with Crippen LogP contribution in [0.15, 0.2) is 85.7 Å². The second kappa shape index (κ2) is 8.66. The van der Waals surface area contributed by atoms with E-state index in [1.807, 2.05) is 18.2 Å². The normalized spacial score (nSPS) is 10.3. The summed E-state index contributed by atoms with van der Waals surface area (Å²) < 4.78 is 12.9. The van der Waals surface area contributed by atoms with Gasteiger partial charge in [-0.15, -0.1) is 0 Å². The van der Waals surface area contributed by atoms with Crippen molar-refractivity contribution in [3.8, 4) is 23.2 Å². The van der Waals surface area contributed by atoms with Crippen LogP contribution in [0.4, 0.5) is 5.69 Å². The molecule has 4 aromatic rings. The minimum Gasteiger partial charge on any atom is -0.484 e. The van der Waals surface area contributed by atoms with Gasteiger partial charge in [-0.05, 0) is 36.4 Å². The molecule has 29 heavy (non-hydrogen) atoms. The maximum absolute atomic E-state index is 12.0. The maximum atomic E-state index is 12.0. The van der Waals surface area contributed by atoms with Crippen LogP contribution < -0.4 is 14.8 Å². The summed E-state index contributed by atoms with van der Waals surface area (Å²) in [5.74, 6) is 2.03. The van der Waals surface area contributed by atoms with E-state index < -0.39 is 0 Å². The van der Waals surface area contributed by atoms with E-state index in [9.17, 15) is 4.79 Å². The fourth-order valence-electron chi connectivity index (χ4n) is 2.51. The maximum Gasteiger partial charge on any atom is 0.262 e. The van der Waals surface area contributed by atoms with Crippen LogP contribution in [-0.2, 0) is 4.79 Å². The number of nitrogens with zero attached hydrogens (tertiary/aromatic N) is 4. The third kappa shape index (κ3) is 4.95. The molecular formula is C21H17N5O3. The monoisotopic (exact) mass is 387 g/mol. The zero-order valence-electron chi connectivity index (χ0n) is 15.3. The predicted octanol–water partition coefficient (Wildman–Crippen LogP) is 3.47. The lowest BCUT2D eigenvalue weighted by atomic mass is 10.3. The lowest BCUT2D eigenvalue weighted by Gasteiger charge is -2.09. The van der Waals surface area contributed by atoms with Gasteiger partial charge in [0.1, 0.15) is 30.0 Å². The zero-order chi connectivity index (χ0) is 19.9. The molecule has 0 radical (unpaired) electrons. The van der Waals surface area contributed by atoms with E-state index in [0.717, 1.165) is 0 Å². The van der Waals surface area contributed by atoms with E-state index in [1.165, 1.54) is 6.33 Å². The minimum absolute atomic E-state index is 0.0692. The molecule has 0 fully saturated rings. The standard InChI is InChI=1S/C21H17N5O3/c27-20(13-28-17-4-2-1-3-5-17)25-16-6-8-18(9-7-16)29-21-12-19(23-14-24-21)26-11-10-22-15-26/h1-12,14-15H,13H2,(H,25,27). The Balaban J connectivity index is 1.33. The first-order valence-electron chi connectivity index (χ1n) is 8.82. The van der Waals surface area contributed by atoms with Crippen LogP contribution in [0.25, 0.3) is 5.82 Å². The van der Waals surface area contributed by atoms with Gasteiger partial charge in [0.25, 0.3) is 5.91 Å². The molecule has 4 rings (SSSR count). The Kier molecular flexibility index (Phi) is 5.43. The Bertz CT molecular complexity index is 1070. The number of rotatable bonds is 7. The molecule has 0 saturated carbocycles. The third-order valence-corrected chi connectivity index (χ3v) is 3.87. The number of carbonyl (C=O) groups excluding carboxylic acids is 1. The van der Waals surface area contributed by atoms with Crippen molar-refractivity contribution in [2.45, 2.75) is 0 Å². The molecule has 144 valence electrons. The molecule has 0 aliphatic heterocycles. The zero-order valence-corrected chi connectivity index (χ0v) is 15.3. The number of anilines is 1. The van der Waals surface area contributed by atoms with E-state index in [0.29, 0.717) is 28.9 Å². The second-order valence-corrected chi connectivity index (χ2v) is 5.96. The molecule has 2 aromatic heterocycles. The van der Waals surface area contributed by atoms with Crippen molar-refractivity contribution in [3.05, 3.63) is 85.7 Å². The first-order valence-corrected chi connectivity index (χ1v) is 8.82. The number of carbonyl (C=O) groups is 1. The van der Waals surface area contributed by atoms with Crippen molar-refractivity contribution in [1.82, 2.24) is 19.5 Å². The van der Waals surface area contributed by atoms with Crippen molar-refractivity contribution in [1.29, 1.82) is 0 Å². The van der Waals surface area contributed by atoms with Crippen LogP contribution in [0.2, 0.25) is 0 Å². The number of para-hydroxylation sites is 1. The highest BCUT2D eigenvalue weighted by Crippen LogP contribution is 2.22. The Morgan fingerprint density at radius 1 is 1.00 bits per heavy atom. The summed E-state index contributed by atoms with van der Waals surface area (Å²) in [5, 5.41) is 2.78. The molecule has 1 N–H and O–H groups in total. The Morgan fingerprint density at radius 3 is 2.59 bits per heavy atom. The number of ether oxygens (including phenoxy) is 2. The van der Waals surface area contributed by atoms with Gasteiger partial charge in [0.05, 0.1) is 0 Å². The topological polar surface area (TPSA) is 91.2 Å². The van der Waals surface area contributed by atoms with Gasteiger partial charge in [0.2, 0.25) is 5.88 Å². The molecule has 2 heterocycles. The minimum atomic E-state index is -0.247. The van der Waals surface area contributed by atoms with Crippen LogP contribution in [0, 0.1) is 0 Å². The molecule has 0 unspecified atom stereocenters. The van der Waals surface area contributed by atoms with Gasteiger partial charge >= 0.3 is 0 Å². The molecule has 0 atom stereocenters. The Labute approximate surface area is 166 Å². The number of nitrogens with one attached hydrogen (secondary N) is 1. The third-order valence-electron chi connectivity index (χ3n) is 3.87. The van der Waals surface area contributed by atoms with E-state index in [-0.39, 0.29) is 12.5 Å². The van der Waals surface area contributed by atoms with E-state index in [2.05, 4.69) is 20.3 Å². The average molecular weight is 387 g/mol. The smallest absolute Gasteiger partial charge is 0.262 e. The summed E-state index contributed by atoms with van der Waals surface area (Å²) in [5.41, 5.74) is 0.640. The Morgan fingerprint density at radius 2 is 1.83 bits per heavy atom. The van der Waals surface area contributed by atoms with Gasteiger partial charge in [-0.25, -0.2) is 15.0 Å². The lowest BCUT2D eigenvalue weighted by Crippen LogP contribution is -2.20. The molecule has 2 aromatic carbocycles. The summed E-state index contributed by atoms with van der Waals surface area (Å²) in [4.78, 5) is 24.3. The highest BCUT2D eigenvalue weighted by Gasteiger charge is 2.06. The quantitative estimate of drug-likeness (QED) is 0.522. The number of hydrogen-bond acceptors (Lipinski definition) is 6. The van der Waals surface area contributed by atoms with Gasteiger partial charge in [-0.2, -0.15) is 0 Å². The average Bonchev–Trinajstić information content (AvgIpc) is 3.30. The molecule has 0 saturated heterocycles. The largest absolute Gasteiger partial charge is 0.484 e. The number of hydrogen-bond donors (Lipinski definition) is 1. The summed E-state index contributed by atoms with van der Waals surface area (Å²) in [6.07, 6.45) is 6.52. The van der Waals surface area contributed by atoms with Gasteiger partial charge < -0.3 is 14.8 Å². The van der Waals surface area contributed by atoms with Crippen LogP contribution in [0.1, 0.15) is 0 Å². The predicted molar refractivity (Wildman–Crippen MR) is 106 cm³/mol. The van der Waals surface area contributed by atoms with E-state index in [1.54, 1.807) is 65.8 Å². The van der Waals surface area contributed by atoms with Gasteiger partial charge in [-0.3, -0.25) is 9.36 Å². The highest BCUT2D eigenvalue weighted by molar-refractivity contribution is 5.91. The SMILES string of the molecule is O=C(COc1ccccc1)Nc1ccc(Oc2cc(-n3ccnc3)ncn2)cc1. The van der Waals surface area contributed by atoms with E-state index in [4.69, 9.17) is 9.47 Å². The van der Waals surface area contributed by atoms with Crippen molar-refractivity contribution < 1.29 is 14.3 Å². The molecule has 0 aliphatic carbocycles. The number of aromatic nitrogens is 4. The molecule has 8 nitrogen and oxygen atoms in total. The molecule has 8 heteroatoms. The fraction of sp³-hybridized carbons (Fsp3) is 0.0476. The van der Waals surface area contributed by atoms with Crippen molar-refractivity contribution in [2.75, 3.05) is 11.9 Å². The van der Waals surface area contributed by atoms with Gasteiger partial charge in [0, 0.05) is 24.1 Å². The molecule has 1 amide bonds. The van der Waals surface area contributed by atoms with Crippen molar-refractivity contribution in [3.63, 3.8) is 0 Å². The summed E-state index contributed by atoms with van der Waals surface area (Å²) in [7, 11) is 0. The van der Waals surface area contributed by atoms with Gasteiger partial charge in [-0.1, -0.05) is 18.2 Å². The molecular weight excluding hydrogens is 370 g/mol. The second-order valence-electron chi connectivity index (χ2n) is 5.96. The van der Waals surface area contributed by atoms with Crippen LogP contribution in [0.3, 0.4) is 0 Å². The van der Waals surface area contributed by atoms with Crippen LogP contribution in [-0.4, -0.2) is 32.0 Å². The first-order chi connectivity index (χ1) is 14.3. The number of amides is 1. The molecule has 0 aliphatic rings. The van der Waals surface area contributed by atoms with Crippen LogP contribution >= 0.6 is 0 Å². The summed E-state index contributed by atoms with van der Waals surface area (Å²) >= 11 is 0. The lowest BCUT2D eigenvalue weighted by molar-refractivity contribution is -0.118. The number of benzene rings is 2. The summed E-state index contributed by atoms with van der Waals surface area (Å²) in [6.45, 7) is -0.0692.